The number of amides is 4. The van der Waals surface area contributed by atoms with Crippen molar-refractivity contribution in [1.29, 1.82) is 0 Å². The molecular formula is C24H22Cl2N4O4. The molecule has 0 aliphatic carbocycles. The third kappa shape index (κ3) is 4.11. The van der Waals surface area contributed by atoms with Crippen LogP contribution >= 0.6 is 23.2 Å². The van der Waals surface area contributed by atoms with Gasteiger partial charge in [0.05, 0.1) is 36.3 Å². The van der Waals surface area contributed by atoms with Gasteiger partial charge in [0, 0.05) is 36.2 Å². The van der Waals surface area contributed by atoms with Crippen LogP contribution in [0.4, 0.5) is 11.4 Å². The van der Waals surface area contributed by atoms with Crippen LogP contribution in [0.25, 0.3) is 0 Å². The minimum Gasteiger partial charge on any atom is -0.289 e. The summed E-state index contributed by atoms with van der Waals surface area (Å²) in [5, 5.41) is 0.913. The fraction of sp³-hybridized carbons (Fsp3) is 0.333. The Hall–Kier alpha value is -2.78. The third-order valence-corrected chi connectivity index (χ3v) is 7.08. The summed E-state index contributed by atoms with van der Waals surface area (Å²) in [5.41, 5.74) is 0.944. The van der Waals surface area contributed by atoms with Crippen molar-refractivity contribution in [2.75, 3.05) is 36.0 Å². The number of carbonyl (C=O) groups is 4. The van der Waals surface area contributed by atoms with Crippen LogP contribution in [0.3, 0.4) is 0 Å². The van der Waals surface area contributed by atoms with Gasteiger partial charge < -0.3 is 0 Å². The van der Waals surface area contributed by atoms with Gasteiger partial charge in [-0.1, -0.05) is 35.3 Å². The molecule has 0 saturated carbocycles. The van der Waals surface area contributed by atoms with Gasteiger partial charge in [-0.3, -0.25) is 29.0 Å². The second-order valence-corrected chi connectivity index (χ2v) is 9.48. The van der Waals surface area contributed by atoms with E-state index in [-0.39, 0.29) is 36.5 Å². The molecule has 0 bridgehead atoms. The number of hydrogen-bond acceptors (Lipinski definition) is 6. The maximum Gasteiger partial charge on any atom is 0.251 e. The summed E-state index contributed by atoms with van der Waals surface area (Å²) in [6.45, 7) is 2.06. The average molecular weight is 501 g/mol. The molecule has 0 radical (unpaired) electrons. The molecule has 0 N–H and O–H groups in total. The van der Waals surface area contributed by atoms with Crippen molar-refractivity contribution in [3.05, 3.63) is 58.6 Å². The second kappa shape index (κ2) is 9.11. The molecule has 3 aliphatic rings. The number of piperazine rings is 1. The first-order valence-electron chi connectivity index (χ1n) is 11.1. The fourth-order valence-corrected chi connectivity index (χ4v) is 5.31. The zero-order valence-electron chi connectivity index (χ0n) is 18.2. The van der Waals surface area contributed by atoms with Gasteiger partial charge in [0.25, 0.3) is 11.8 Å². The quantitative estimate of drug-likeness (QED) is 0.600. The normalized spacial score (nSPS) is 24.5. The summed E-state index contributed by atoms with van der Waals surface area (Å²) >= 11 is 12.1. The summed E-state index contributed by atoms with van der Waals surface area (Å²) in [7, 11) is 0. The highest BCUT2D eigenvalue weighted by molar-refractivity contribution is 6.32. The number of halogens is 2. The van der Waals surface area contributed by atoms with Crippen molar-refractivity contribution in [2.24, 2.45) is 0 Å². The van der Waals surface area contributed by atoms with E-state index < -0.39 is 12.1 Å². The SMILES string of the molecule is O=C1C[C@@H](N2CCN([C@H]3CC(=O)N(c4cccc(Cl)c4)C3=O)CC2)C(=O)N1c1cccc(Cl)c1. The Balaban J connectivity index is 1.24. The minimum atomic E-state index is -0.544. The molecule has 2 aromatic carbocycles. The first-order valence-corrected chi connectivity index (χ1v) is 11.8. The Kier molecular flexibility index (Phi) is 6.16. The Morgan fingerprint density at radius 1 is 0.618 bits per heavy atom. The standard InChI is InChI=1S/C24H22Cl2N4O4/c25-15-3-1-5-17(11-15)29-21(31)13-19(23(29)33)27-7-9-28(10-8-27)20-14-22(32)30(24(20)34)18-6-2-4-16(26)12-18/h1-6,11-12,19-20H,7-10,13-14H2/t19-,20+. The number of carbonyl (C=O) groups excluding carboxylic acids is 4. The highest BCUT2D eigenvalue weighted by Gasteiger charge is 2.46. The molecule has 8 nitrogen and oxygen atoms in total. The van der Waals surface area contributed by atoms with Gasteiger partial charge >= 0.3 is 0 Å². The Morgan fingerprint density at radius 2 is 1.00 bits per heavy atom. The molecule has 2 atom stereocenters. The topological polar surface area (TPSA) is 81.2 Å². The lowest BCUT2D eigenvalue weighted by molar-refractivity contribution is -0.126. The van der Waals surface area contributed by atoms with Gasteiger partial charge in [-0.05, 0) is 36.4 Å². The van der Waals surface area contributed by atoms with E-state index in [0.29, 0.717) is 47.6 Å². The van der Waals surface area contributed by atoms with Gasteiger partial charge in [0.2, 0.25) is 11.8 Å². The van der Waals surface area contributed by atoms with Gasteiger partial charge in [-0.15, -0.1) is 0 Å². The van der Waals surface area contributed by atoms with Crippen LogP contribution < -0.4 is 9.80 Å². The van der Waals surface area contributed by atoms with E-state index in [1.807, 2.05) is 9.80 Å². The molecule has 3 saturated heterocycles. The number of nitrogens with zero attached hydrogens (tertiary/aromatic N) is 4. The maximum atomic E-state index is 13.1. The molecule has 4 amide bonds. The summed E-state index contributed by atoms with van der Waals surface area (Å²) in [4.78, 5) is 57.8. The molecule has 0 spiro atoms. The molecule has 0 aromatic heterocycles. The molecule has 3 heterocycles. The molecule has 0 unspecified atom stereocenters. The molecular weight excluding hydrogens is 479 g/mol. The fourth-order valence-electron chi connectivity index (χ4n) is 4.94. The van der Waals surface area contributed by atoms with Crippen molar-refractivity contribution in [3.63, 3.8) is 0 Å². The average Bonchev–Trinajstić information content (AvgIpc) is 3.28. The highest BCUT2D eigenvalue weighted by atomic mass is 35.5. The van der Waals surface area contributed by atoms with E-state index in [4.69, 9.17) is 23.2 Å². The molecule has 176 valence electrons. The molecule has 3 aliphatic heterocycles. The van der Waals surface area contributed by atoms with E-state index in [1.165, 1.54) is 9.80 Å². The van der Waals surface area contributed by atoms with E-state index >= 15 is 0 Å². The van der Waals surface area contributed by atoms with Gasteiger partial charge in [0.1, 0.15) is 0 Å². The van der Waals surface area contributed by atoms with E-state index in [9.17, 15) is 19.2 Å². The van der Waals surface area contributed by atoms with E-state index in [1.54, 1.807) is 48.5 Å². The molecule has 2 aromatic rings. The van der Waals surface area contributed by atoms with Crippen LogP contribution in [0.15, 0.2) is 48.5 Å². The molecule has 34 heavy (non-hydrogen) atoms. The first-order chi connectivity index (χ1) is 16.3. The van der Waals surface area contributed by atoms with Gasteiger partial charge in [-0.25, -0.2) is 9.80 Å². The van der Waals surface area contributed by atoms with Crippen LogP contribution in [0.1, 0.15) is 12.8 Å². The molecule has 3 fully saturated rings. The van der Waals surface area contributed by atoms with Crippen molar-refractivity contribution < 1.29 is 19.2 Å². The second-order valence-electron chi connectivity index (χ2n) is 8.61. The van der Waals surface area contributed by atoms with Crippen LogP contribution in [0, 0.1) is 0 Å². The first kappa shape index (κ1) is 23.0. The monoisotopic (exact) mass is 500 g/mol. The summed E-state index contributed by atoms with van der Waals surface area (Å²) in [6.07, 6.45) is 0.212. The zero-order chi connectivity index (χ0) is 24.0. The maximum absolute atomic E-state index is 13.1. The lowest BCUT2D eigenvalue weighted by Gasteiger charge is -2.38. The van der Waals surface area contributed by atoms with E-state index in [2.05, 4.69) is 0 Å². The van der Waals surface area contributed by atoms with Crippen LogP contribution in [0.2, 0.25) is 10.0 Å². The Labute approximate surface area is 206 Å². The smallest absolute Gasteiger partial charge is 0.251 e. The van der Waals surface area contributed by atoms with E-state index in [0.717, 1.165) is 0 Å². The third-order valence-electron chi connectivity index (χ3n) is 6.61. The van der Waals surface area contributed by atoms with Crippen molar-refractivity contribution in [1.82, 2.24) is 9.80 Å². The lowest BCUT2D eigenvalue weighted by Crippen LogP contribution is -2.56. The predicted octanol–water partition coefficient (Wildman–Crippen LogP) is 2.58. The number of rotatable bonds is 4. The lowest BCUT2D eigenvalue weighted by atomic mass is 10.1. The van der Waals surface area contributed by atoms with Gasteiger partial charge in [-0.2, -0.15) is 0 Å². The molecule has 10 heteroatoms. The largest absolute Gasteiger partial charge is 0.289 e. The van der Waals surface area contributed by atoms with Crippen molar-refractivity contribution >= 4 is 58.2 Å². The number of anilines is 2. The van der Waals surface area contributed by atoms with Gasteiger partial charge in [0.15, 0.2) is 0 Å². The number of imide groups is 2. The Morgan fingerprint density at radius 3 is 1.35 bits per heavy atom. The number of benzene rings is 2. The predicted molar refractivity (Wildman–Crippen MR) is 128 cm³/mol. The van der Waals surface area contributed by atoms with Crippen LogP contribution in [-0.2, 0) is 19.2 Å². The van der Waals surface area contributed by atoms with Crippen molar-refractivity contribution in [2.45, 2.75) is 24.9 Å². The summed E-state index contributed by atoms with van der Waals surface area (Å²) in [5.74, 6) is -1.04. The Bertz CT molecular complexity index is 1090. The molecule has 5 rings (SSSR count). The van der Waals surface area contributed by atoms with Crippen molar-refractivity contribution in [3.8, 4) is 0 Å². The zero-order valence-corrected chi connectivity index (χ0v) is 19.7. The van der Waals surface area contributed by atoms with Crippen LogP contribution in [0.5, 0.6) is 0 Å². The van der Waals surface area contributed by atoms with Crippen LogP contribution in [-0.4, -0.2) is 71.7 Å². The highest BCUT2D eigenvalue weighted by Crippen LogP contribution is 2.30. The number of hydrogen-bond donors (Lipinski definition) is 0. The minimum absolute atomic E-state index is 0.106. The summed E-state index contributed by atoms with van der Waals surface area (Å²) < 4.78 is 0. The summed E-state index contributed by atoms with van der Waals surface area (Å²) in [6, 6.07) is 12.3.